The smallest absolute Gasteiger partial charge is 0.458 e. The van der Waals surface area contributed by atoms with E-state index in [1.165, 1.54) is 19.9 Å². The molecule has 0 fully saturated rings. The Morgan fingerprint density at radius 2 is 1.65 bits per heavy atom. The largest absolute Gasteiger partial charge is 0.478 e. The number of carboxylic acid groups (broad SMARTS) is 1. The number of halogens is 4. The SMILES string of the molecule is CC(C)(Oc1ccc(CCN(Cc2ccc(C3=IOC(C(F)(F)F)=C=C3)cc2)C2=C=Cc3ccccc3O2)cc1)C(=O)O. The van der Waals surface area contributed by atoms with Crippen molar-refractivity contribution in [2.24, 2.45) is 0 Å². The molecular weight excluding hydrogens is 674 g/mol. The Morgan fingerprint density at radius 1 is 0.953 bits per heavy atom. The molecule has 6 nitrogen and oxygen atoms in total. The van der Waals surface area contributed by atoms with Crippen molar-refractivity contribution in [1.29, 1.82) is 0 Å². The predicted octanol–water partition coefficient (Wildman–Crippen LogP) is 7.56. The number of aliphatic carboxylic acids is 1. The molecule has 0 amide bonds. The van der Waals surface area contributed by atoms with E-state index in [1.54, 1.807) is 12.1 Å². The van der Waals surface area contributed by atoms with Crippen LogP contribution in [0.15, 0.2) is 102 Å². The van der Waals surface area contributed by atoms with E-state index in [2.05, 4.69) is 16.4 Å². The normalized spacial score (nSPS) is 14.2. The number of para-hydroxylation sites is 1. The van der Waals surface area contributed by atoms with Crippen LogP contribution in [0.1, 0.15) is 36.1 Å². The van der Waals surface area contributed by atoms with Crippen LogP contribution in [0.3, 0.4) is 0 Å². The van der Waals surface area contributed by atoms with E-state index in [4.69, 9.17) is 12.5 Å². The number of nitrogens with zero attached hydrogens (tertiary/aromatic N) is 1. The molecule has 43 heavy (non-hydrogen) atoms. The zero-order valence-corrected chi connectivity index (χ0v) is 25.4. The summed E-state index contributed by atoms with van der Waals surface area (Å²) in [6.07, 6.45) is -0.621. The molecule has 0 bridgehead atoms. The highest BCUT2D eigenvalue weighted by molar-refractivity contribution is 14.2. The molecule has 0 saturated carbocycles. The fourth-order valence-electron chi connectivity index (χ4n) is 4.20. The van der Waals surface area contributed by atoms with Gasteiger partial charge in [-0.1, -0.05) is 66.1 Å². The predicted molar refractivity (Wildman–Crippen MR) is 165 cm³/mol. The van der Waals surface area contributed by atoms with Crippen molar-refractivity contribution in [3.63, 3.8) is 0 Å². The molecule has 0 radical (unpaired) electrons. The van der Waals surface area contributed by atoms with Crippen molar-refractivity contribution < 1.29 is 35.6 Å². The lowest BCUT2D eigenvalue weighted by Crippen LogP contribution is -2.37. The lowest BCUT2D eigenvalue weighted by Gasteiger charge is -2.27. The van der Waals surface area contributed by atoms with Gasteiger partial charge < -0.3 is 22.5 Å². The van der Waals surface area contributed by atoms with E-state index in [9.17, 15) is 23.1 Å². The summed E-state index contributed by atoms with van der Waals surface area (Å²) in [7, 11) is 0. The van der Waals surface area contributed by atoms with Gasteiger partial charge in [0.2, 0.25) is 5.88 Å². The maximum atomic E-state index is 12.9. The summed E-state index contributed by atoms with van der Waals surface area (Å²) in [5.74, 6) is -0.353. The molecule has 5 rings (SSSR count). The number of fused-ring (bicyclic) bond motifs is 1. The van der Waals surface area contributed by atoms with Crippen molar-refractivity contribution in [3.8, 4) is 11.5 Å². The number of carboxylic acids is 1. The second-order valence-corrected chi connectivity index (χ2v) is 12.3. The van der Waals surface area contributed by atoms with Crippen LogP contribution in [0, 0.1) is 0 Å². The topological polar surface area (TPSA) is 68.2 Å². The lowest BCUT2D eigenvalue weighted by atomic mass is 10.1. The third kappa shape index (κ3) is 7.59. The van der Waals surface area contributed by atoms with Gasteiger partial charge in [-0.2, -0.15) is 13.2 Å². The van der Waals surface area contributed by atoms with E-state index in [0.717, 1.165) is 28.0 Å². The van der Waals surface area contributed by atoms with Crippen molar-refractivity contribution in [2.45, 2.75) is 38.6 Å². The number of rotatable bonds is 10. The number of carbonyl (C=O) groups is 1. The summed E-state index contributed by atoms with van der Waals surface area (Å²) >= 11 is -1.29. The second-order valence-electron chi connectivity index (χ2n) is 10.3. The van der Waals surface area contributed by atoms with Crippen LogP contribution in [-0.4, -0.2) is 37.8 Å². The van der Waals surface area contributed by atoms with Crippen molar-refractivity contribution in [3.05, 3.63) is 124 Å². The van der Waals surface area contributed by atoms with Crippen LogP contribution < -0.4 is 9.47 Å². The van der Waals surface area contributed by atoms with Gasteiger partial charge in [-0.25, -0.2) is 4.79 Å². The molecule has 2 heterocycles. The summed E-state index contributed by atoms with van der Waals surface area (Å²) in [6.45, 7) is 4.09. The molecule has 2 aliphatic rings. The molecule has 3 aromatic carbocycles. The van der Waals surface area contributed by atoms with Crippen LogP contribution in [0.2, 0.25) is 0 Å². The van der Waals surface area contributed by atoms with Gasteiger partial charge in [-0.05, 0) is 61.2 Å². The fraction of sp³-hybridized carbons (Fsp3) is 0.212. The molecule has 0 aromatic heterocycles. The van der Waals surface area contributed by atoms with Crippen molar-refractivity contribution >= 4 is 36.7 Å². The third-order valence-corrected chi connectivity index (χ3v) is 8.70. The number of alkyl halides is 3. The highest BCUT2D eigenvalue weighted by Gasteiger charge is 2.37. The zero-order valence-electron chi connectivity index (χ0n) is 23.2. The van der Waals surface area contributed by atoms with Crippen LogP contribution in [0.25, 0.3) is 6.08 Å². The molecule has 0 atom stereocenters. The first-order chi connectivity index (χ1) is 20.5. The van der Waals surface area contributed by atoms with Gasteiger partial charge in [0.05, 0.1) is 3.51 Å². The average Bonchev–Trinajstić information content (AvgIpc) is 2.99. The van der Waals surface area contributed by atoms with Gasteiger partial charge in [0.25, 0.3) is 5.76 Å². The minimum absolute atomic E-state index is 0.467. The molecule has 0 saturated heterocycles. The van der Waals surface area contributed by atoms with Gasteiger partial charge in [-0.3, -0.25) is 0 Å². The first-order valence-corrected chi connectivity index (χ1v) is 15.3. The third-order valence-electron chi connectivity index (χ3n) is 6.64. The van der Waals surface area contributed by atoms with Gasteiger partial charge in [0.15, 0.2) is 5.60 Å². The summed E-state index contributed by atoms with van der Waals surface area (Å²) in [4.78, 5) is 13.5. The standard InChI is InChI=1S/C33H27F3INO5/c1-32(2,31(39)40)42-26-14-9-22(10-15-26)19-20-38(30-18-13-25-5-3-4-6-28(25)41-30)21-23-7-11-24(12-8-23)27-16-17-29(43-37-27)33(34,35)36/h3-16H,19-21H2,1-2H3,(H,39,40). The van der Waals surface area contributed by atoms with Crippen LogP contribution in [0.4, 0.5) is 13.2 Å². The van der Waals surface area contributed by atoms with E-state index < -0.39 is 44.7 Å². The molecule has 10 heteroatoms. The number of allylic oxidation sites excluding steroid dienone is 1. The molecule has 0 spiro atoms. The lowest BCUT2D eigenvalue weighted by molar-refractivity contribution is -0.152. The van der Waals surface area contributed by atoms with Crippen molar-refractivity contribution in [1.82, 2.24) is 4.90 Å². The molecule has 0 unspecified atom stereocenters. The molecule has 222 valence electrons. The second kappa shape index (κ2) is 12.6. The Morgan fingerprint density at radius 3 is 2.30 bits per heavy atom. The number of benzene rings is 3. The van der Waals surface area contributed by atoms with E-state index >= 15 is 0 Å². The first kappa shape index (κ1) is 30.2. The Hall–Kier alpha value is -4.24. The maximum absolute atomic E-state index is 12.9. The Labute approximate surface area is 257 Å². The van der Waals surface area contributed by atoms with Gasteiger partial charge in [-0.15, -0.1) is 0 Å². The molecule has 2 aliphatic heterocycles. The van der Waals surface area contributed by atoms with E-state index in [1.807, 2.05) is 66.7 Å². The van der Waals surface area contributed by atoms with Gasteiger partial charge in [0.1, 0.15) is 32.6 Å². The fourth-order valence-corrected chi connectivity index (χ4v) is 5.93. The molecule has 3 aromatic rings. The van der Waals surface area contributed by atoms with E-state index in [0.29, 0.717) is 34.7 Å². The summed E-state index contributed by atoms with van der Waals surface area (Å²) in [5, 5.41) is 9.33. The quantitative estimate of drug-likeness (QED) is 0.174. The maximum Gasteiger partial charge on any atom is 0.458 e. The number of hydrogen-bond donors (Lipinski definition) is 1. The van der Waals surface area contributed by atoms with E-state index in [-0.39, 0.29) is 0 Å². The highest BCUT2D eigenvalue weighted by Crippen LogP contribution is 2.32. The van der Waals surface area contributed by atoms with Gasteiger partial charge >= 0.3 is 12.1 Å². The molecule has 1 N–H and O–H groups in total. The summed E-state index contributed by atoms with van der Waals surface area (Å²) in [5.41, 5.74) is 7.86. The zero-order chi connectivity index (χ0) is 30.6. The minimum atomic E-state index is -4.53. The molecular formula is C33H27F3INO5. The number of ether oxygens (including phenoxy) is 2. The Balaban J connectivity index is 1.32. The summed E-state index contributed by atoms with van der Waals surface area (Å²) in [6, 6.07) is 22.6. The van der Waals surface area contributed by atoms with Crippen LogP contribution in [0.5, 0.6) is 11.5 Å². The Kier molecular flexibility index (Phi) is 8.82. The minimum Gasteiger partial charge on any atom is -0.478 e. The van der Waals surface area contributed by atoms with Crippen LogP contribution in [-0.2, 0) is 20.8 Å². The first-order valence-electron chi connectivity index (χ1n) is 13.3. The van der Waals surface area contributed by atoms with Crippen molar-refractivity contribution in [2.75, 3.05) is 6.54 Å². The molecule has 0 aliphatic carbocycles. The summed E-state index contributed by atoms with van der Waals surface area (Å²) < 4.78 is 56.1. The monoisotopic (exact) mass is 701 g/mol. The Bertz CT molecular complexity index is 1680. The van der Waals surface area contributed by atoms with Gasteiger partial charge in [0, 0.05) is 24.7 Å². The average molecular weight is 701 g/mol. The number of hydrogen-bond acceptors (Lipinski definition) is 5. The van der Waals surface area contributed by atoms with Crippen LogP contribution >= 0.6 is 21.1 Å². The highest BCUT2D eigenvalue weighted by atomic mass is 127.